The summed E-state index contributed by atoms with van der Waals surface area (Å²) in [4.78, 5) is 0. The fourth-order valence-electron chi connectivity index (χ4n) is 2.27. The molecular weight excluding hydrogens is 240 g/mol. The van der Waals surface area contributed by atoms with Crippen molar-refractivity contribution in [2.24, 2.45) is 21.7 Å². The highest BCUT2D eigenvalue weighted by atomic mass is 32.2. The highest BCUT2D eigenvalue weighted by Crippen LogP contribution is 2.37. The first-order valence-corrected chi connectivity index (χ1v) is 9.26. The Balaban J connectivity index is 2.96. The summed E-state index contributed by atoms with van der Waals surface area (Å²) in [5.41, 5.74) is 12.2. The van der Waals surface area contributed by atoms with E-state index in [9.17, 15) is 0 Å². The van der Waals surface area contributed by atoms with Gasteiger partial charge in [0.05, 0.1) is 0 Å². The Morgan fingerprint density at radius 1 is 0.750 bits per heavy atom. The molecule has 0 spiro atoms. The lowest BCUT2D eigenvalue weighted by Gasteiger charge is -2.42. The molecule has 0 aromatic heterocycles. The number of rotatable bonds is 2. The van der Waals surface area contributed by atoms with Gasteiger partial charge >= 0.3 is 0 Å². The molecule has 1 saturated carbocycles. The van der Waals surface area contributed by atoms with E-state index in [1.807, 2.05) is 0 Å². The highest BCUT2D eigenvalue weighted by molar-refractivity contribution is 8.27. The third kappa shape index (κ3) is 3.03. The van der Waals surface area contributed by atoms with E-state index in [4.69, 9.17) is 21.7 Å². The van der Waals surface area contributed by atoms with Gasteiger partial charge in [0, 0.05) is 22.6 Å². The SMILES string of the molecule is C=S(=C)(N)C1CC(N)C(S(=C)(=C)N)CC1N. The van der Waals surface area contributed by atoms with E-state index in [1.54, 1.807) is 0 Å². The minimum Gasteiger partial charge on any atom is -0.327 e. The van der Waals surface area contributed by atoms with Crippen molar-refractivity contribution >= 4 is 42.3 Å². The molecule has 0 amide bonds. The minimum absolute atomic E-state index is 0.0428. The van der Waals surface area contributed by atoms with Crippen molar-refractivity contribution in [3.8, 4) is 0 Å². The summed E-state index contributed by atoms with van der Waals surface area (Å²) in [6.07, 6.45) is 1.45. The largest absolute Gasteiger partial charge is 0.327 e. The summed E-state index contributed by atoms with van der Waals surface area (Å²) in [6, 6.07) is -0.0857. The number of nitrogens with two attached hydrogens (primary N) is 4. The zero-order valence-electron chi connectivity index (χ0n) is 9.68. The topological polar surface area (TPSA) is 104 Å². The average Bonchev–Trinajstić information content (AvgIpc) is 2.04. The summed E-state index contributed by atoms with van der Waals surface area (Å²) in [7, 11) is -3.31. The molecular formula is C10H24N4S2. The molecule has 6 heteroatoms. The molecule has 1 aliphatic rings. The molecule has 0 heterocycles. The summed E-state index contributed by atoms with van der Waals surface area (Å²) in [5.74, 6) is 15.7. The van der Waals surface area contributed by atoms with E-state index < -0.39 is 18.8 Å². The van der Waals surface area contributed by atoms with Crippen LogP contribution in [0.1, 0.15) is 12.8 Å². The van der Waals surface area contributed by atoms with Gasteiger partial charge in [0.25, 0.3) is 0 Å². The van der Waals surface area contributed by atoms with Gasteiger partial charge in [-0.1, -0.05) is 23.5 Å². The third-order valence-corrected chi connectivity index (χ3v) is 6.67. The van der Waals surface area contributed by atoms with Crippen molar-refractivity contribution in [2.45, 2.75) is 35.4 Å². The first-order valence-electron chi connectivity index (χ1n) is 5.06. The molecule has 16 heavy (non-hydrogen) atoms. The monoisotopic (exact) mass is 264 g/mol. The molecule has 0 saturated heterocycles. The zero-order valence-corrected chi connectivity index (χ0v) is 11.3. The molecule has 4 unspecified atom stereocenters. The van der Waals surface area contributed by atoms with E-state index in [0.717, 1.165) is 12.8 Å². The molecule has 0 radical (unpaired) electrons. The van der Waals surface area contributed by atoms with Crippen LogP contribution >= 0.6 is 18.8 Å². The molecule has 4 nitrogen and oxygen atoms in total. The Labute approximate surface area is 99.6 Å². The second kappa shape index (κ2) is 4.36. The second-order valence-electron chi connectivity index (χ2n) is 4.89. The van der Waals surface area contributed by atoms with E-state index >= 15 is 0 Å². The second-order valence-corrected chi connectivity index (χ2v) is 10.1. The lowest BCUT2D eigenvalue weighted by molar-refractivity contribution is 0.414. The van der Waals surface area contributed by atoms with Crippen LogP contribution in [0.2, 0.25) is 0 Å². The van der Waals surface area contributed by atoms with Crippen LogP contribution in [0, 0.1) is 0 Å². The van der Waals surface area contributed by atoms with Gasteiger partial charge in [0.2, 0.25) is 0 Å². The molecule has 0 aromatic rings. The molecule has 0 aromatic carbocycles. The van der Waals surface area contributed by atoms with E-state index in [0.29, 0.717) is 0 Å². The van der Waals surface area contributed by atoms with Gasteiger partial charge in [-0.2, -0.15) is 18.8 Å². The summed E-state index contributed by atoms with van der Waals surface area (Å²) in [5, 5.41) is 12.2. The van der Waals surface area contributed by atoms with Gasteiger partial charge in [0.1, 0.15) is 0 Å². The van der Waals surface area contributed by atoms with Gasteiger partial charge < -0.3 is 11.5 Å². The fraction of sp³-hybridized carbons (Fsp3) is 0.600. The Hall–Kier alpha value is 0.0200. The predicted molar refractivity (Wildman–Crippen MR) is 84.8 cm³/mol. The average molecular weight is 264 g/mol. The fourth-order valence-corrected chi connectivity index (χ4v) is 5.09. The van der Waals surface area contributed by atoms with E-state index in [-0.39, 0.29) is 22.6 Å². The Bertz CT molecular complexity index is 405. The van der Waals surface area contributed by atoms with Crippen LogP contribution in [0.3, 0.4) is 0 Å². The first kappa shape index (κ1) is 14.1. The van der Waals surface area contributed by atoms with Crippen molar-refractivity contribution in [2.75, 3.05) is 0 Å². The van der Waals surface area contributed by atoms with Gasteiger partial charge in [-0.05, 0) is 12.8 Å². The van der Waals surface area contributed by atoms with Gasteiger partial charge in [-0.15, -0.1) is 0 Å². The van der Waals surface area contributed by atoms with Crippen LogP contribution in [0.25, 0.3) is 0 Å². The first-order chi connectivity index (χ1) is 7.03. The van der Waals surface area contributed by atoms with E-state index in [2.05, 4.69) is 23.5 Å². The zero-order chi connectivity index (χ0) is 12.7. The molecule has 0 aliphatic heterocycles. The minimum atomic E-state index is -1.65. The summed E-state index contributed by atoms with van der Waals surface area (Å²) in [6.45, 7) is 0. The number of hydrogen-bond acceptors (Lipinski definition) is 4. The summed E-state index contributed by atoms with van der Waals surface area (Å²) >= 11 is 0. The van der Waals surface area contributed by atoms with Crippen LogP contribution in [0.15, 0.2) is 0 Å². The van der Waals surface area contributed by atoms with Crippen LogP contribution in [-0.4, -0.2) is 46.1 Å². The van der Waals surface area contributed by atoms with Gasteiger partial charge in [-0.3, -0.25) is 10.3 Å². The molecule has 8 N–H and O–H groups in total. The van der Waals surface area contributed by atoms with Gasteiger partial charge in [-0.25, -0.2) is 0 Å². The third-order valence-electron chi connectivity index (χ3n) is 3.17. The Morgan fingerprint density at radius 2 is 1.00 bits per heavy atom. The maximum absolute atomic E-state index is 6.12. The molecule has 0 bridgehead atoms. The van der Waals surface area contributed by atoms with Crippen molar-refractivity contribution in [3.63, 3.8) is 0 Å². The van der Waals surface area contributed by atoms with Crippen molar-refractivity contribution in [1.29, 1.82) is 0 Å². The lowest BCUT2D eigenvalue weighted by atomic mass is 9.91. The summed E-state index contributed by atoms with van der Waals surface area (Å²) < 4.78 is 0. The molecule has 1 aliphatic carbocycles. The molecule has 1 fully saturated rings. The van der Waals surface area contributed by atoms with E-state index in [1.165, 1.54) is 0 Å². The standard InChI is InChI=1S/C10H24N4S2/c1-15(2,13)9-5-8(12)10(6-7(9)11)16(3,4)14/h7-10H,1-6,11-14H2. The normalized spacial score (nSPS) is 37.2. The maximum Gasteiger partial charge on any atom is 0.0230 e. The quantitative estimate of drug-likeness (QED) is 0.493. The van der Waals surface area contributed by atoms with Gasteiger partial charge in [0.15, 0.2) is 0 Å². The van der Waals surface area contributed by atoms with Crippen LogP contribution < -0.4 is 21.7 Å². The highest BCUT2D eigenvalue weighted by Gasteiger charge is 2.36. The lowest BCUT2D eigenvalue weighted by Crippen LogP contribution is -2.53. The maximum atomic E-state index is 6.12. The molecule has 96 valence electrons. The predicted octanol–water partition coefficient (Wildman–Crippen LogP) is -0.743. The van der Waals surface area contributed by atoms with Crippen LogP contribution in [-0.2, 0) is 0 Å². The van der Waals surface area contributed by atoms with Crippen LogP contribution in [0.5, 0.6) is 0 Å². The molecule has 1 rings (SSSR count). The van der Waals surface area contributed by atoms with Crippen molar-refractivity contribution in [3.05, 3.63) is 0 Å². The smallest absolute Gasteiger partial charge is 0.0230 e. The molecule has 4 atom stereocenters. The number of hydrogen-bond donors (Lipinski definition) is 4. The van der Waals surface area contributed by atoms with Crippen molar-refractivity contribution < 1.29 is 0 Å². The van der Waals surface area contributed by atoms with Crippen molar-refractivity contribution in [1.82, 2.24) is 0 Å². The Kier molecular flexibility index (Phi) is 3.84. The van der Waals surface area contributed by atoms with Crippen LogP contribution in [0.4, 0.5) is 0 Å². The Morgan fingerprint density at radius 3 is 1.19 bits per heavy atom.